The van der Waals surface area contributed by atoms with Crippen molar-refractivity contribution in [3.05, 3.63) is 57.9 Å². The van der Waals surface area contributed by atoms with Gasteiger partial charge in [0, 0.05) is 60.5 Å². The molecular formula is C25H30N4O3S. The molecule has 3 amide bonds. The monoisotopic (exact) mass is 466 g/mol. The number of carbonyl (C=O) groups is 3. The third kappa shape index (κ3) is 5.11. The van der Waals surface area contributed by atoms with Crippen molar-refractivity contribution >= 4 is 40.0 Å². The molecule has 0 saturated carbocycles. The van der Waals surface area contributed by atoms with E-state index in [1.807, 2.05) is 63.4 Å². The standard InChI is InChI=1S/C25H30N4O3S/c1-16(2)23(30)27-21(14-18-15-26-20-7-5-4-6-19(18)20)24(31)28-10-12-29(13-11-28)25(32)22-9-8-17(3)33-22/h4-9,15-16,21,26H,10-14H2,1-3H3,(H,27,30). The zero-order valence-electron chi connectivity index (χ0n) is 19.3. The second-order valence-corrected chi connectivity index (χ2v) is 10.1. The lowest BCUT2D eigenvalue weighted by Crippen LogP contribution is -2.56. The number of H-pyrrole nitrogens is 1. The molecule has 0 spiro atoms. The van der Waals surface area contributed by atoms with Crippen LogP contribution in [0.1, 0.15) is 34.0 Å². The summed E-state index contributed by atoms with van der Waals surface area (Å²) in [6.45, 7) is 7.50. The number of rotatable bonds is 6. The van der Waals surface area contributed by atoms with Crippen molar-refractivity contribution in [3.63, 3.8) is 0 Å². The summed E-state index contributed by atoms with van der Waals surface area (Å²) >= 11 is 1.49. The molecule has 1 aromatic carbocycles. The number of aromatic amines is 1. The fourth-order valence-electron chi connectivity index (χ4n) is 4.11. The van der Waals surface area contributed by atoms with Gasteiger partial charge in [-0.05, 0) is 30.7 Å². The fraction of sp³-hybridized carbons (Fsp3) is 0.400. The highest BCUT2D eigenvalue weighted by atomic mass is 32.1. The fourth-order valence-corrected chi connectivity index (χ4v) is 4.95. The predicted octanol–water partition coefficient (Wildman–Crippen LogP) is 3.21. The van der Waals surface area contributed by atoms with E-state index in [2.05, 4.69) is 10.3 Å². The number of para-hydroxylation sites is 1. The van der Waals surface area contributed by atoms with Crippen LogP contribution in [0.2, 0.25) is 0 Å². The van der Waals surface area contributed by atoms with Crippen molar-refractivity contribution in [1.82, 2.24) is 20.1 Å². The first-order chi connectivity index (χ1) is 15.8. The molecule has 1 unspecified atom stereocenters. The van der Waals surface area contributed by atoms with Crippen LogP contribution in [0.5, 0.6) is 0 Å². The number of aryl methyl sites for hydroxylation is 1. The lowest BCUT2D eigenvalue weighted by atomic mass is 10.0. The summed E-state index contributed by atoms with van der Waals surface area (Å²) in [5.74, 6) is -0.445. The Morgan fingerprint density at radius 2 is 1.73 bits per heavy atom. The van der Waals surface area contributed by atoms with Crippen LogP contribution in [0.25, 0.3) is 10.9 Å². The molecule has 0 bridgehead atoms. The molecule has 33 heavy (non-hydrogen) atoms. The molecule has 3 heterocycles. The highest BCUT2D eigenvalue weighted by Gasteiger charge is 2.31. The van der Waals surface area contributed by atoms with Crippen LogP contribution in [-0.2, 0) is 16.0 Å². The summed E-state index contributed by atoms with van der Waals surface area (Å²) in [5, 5.41) is 4.01. The summed E-state index contributed by atoms with van der Waals surface area (Å²) in [5.41, 5.74) is 2.00. The zero-order chi connectivity index (χ0) is 23.5. The normalized spacial score (nSPS) is 15.2. The number of hydrogen-bond donors (Lipinski definition) is 2. The number of aromatic nitrogens is 1. The van der Waals surface area contributed by atoms with Crippen molar-refractivity contribution in [2.24, 2.45) is 5.92 Å². The molecule has 1 atom stereocenters. The minimum Gasteiger partial charge on any atom is -0.361 e. The van der Waals surface area contributed by atoms with E-state index >= 15 is 0 Å². The van der Waals surface area contributed by atoms with E-state index in [9.17, 15) is 14.4 Å². The maximum absolute atomic E-state index is 13.5. The Bertz CT molecular complexity index is 1160. The van der Waals surface area contributed by atoms with Crippen LogP contribution in [0.3, 0.4) is 0 Å². The van der Waals surface area contributed by atoms with Gasteiger partial charge in [0.05, 0.1) is 4.88 Å². The van der Waals surface area contributed by atoms with Gasteiger partial charge in [-0.2, -0.15) is 0 Å². The van der Waals surface area contributed by atoms with Crippen LogP contribution < -0.4 is 5.32 Å². The second kappa shape index (κ2) is 9.79. The summed E-state index contributed by atoms with van der Waals surface area (Å²) in [6.07, 6.45) is 2.32. The number of nitrogens with one attached hydrogen (secondary N) is 2. The lowest BCUT2D eigenvalue weighted by molar-refractivity contribution is -0.138. The van der Waals surface area contributed by atoms with Crippen LogP contribution in [0.15, 0.2) is 42.6 Å². The molecule has 2 N–H and O–H groups in total. The maximum Gasteiger partial charge on any atom is 0.264 e. The van der Waals surface area contributed by atoms with Crippen LogP contribution >= 0.6 is 11.3 Å². The van der Waals surface area contributed by atoms with Gasteiger partial charge in [0.2, 0.25) is 11.8 Å². The van der Waals surface area contributed by atoms with Gasteiger partial charge >= 0.3 is 0 Å². The van der Waals surface area contributed by atoms with Crippen molar-refractivity contribution in [3.8, 4) is 0 Å². The Kier molecular flexibility index (Phi) is 6.83. The largest absolute Gasteiger partial charge is 0.361 e. The van der Waals surface area contributed by atoms with E-state index in [1.54, 1.807) is 9.80 Å². The first kappa shape index (κ1) is 23.0. The van der Waals surface area contributed by atoms with Crippen LogP contribution in [-0.4, -0.2) is 64.7 Å². The molecule has 1 aliphatic rings. The van der Waals surface area contributed by atoms with Gasteiger partial charge in [0.25, 0.3) is 5.91 Å². The lowest BCUT2D eigenvalue weighted by Gasteiger charge is -2.36. The number of carbonyl (C=O) groups excluding carboxylic acids is 3. The maximum atomic E-state index is 13.5. The molecule has 4 rings (SSSR count). The predicted molar refractivity (Wildman–Crippen MR) is 130 cm³/mol. The van der Waals surface area contributed by atoms with Gasteiger partial charge in [0.15, 0.2) is 0 Å². The Labute approximate surface area is 197 Å². The van der Waals surface area contributed by atoms with Gasteiger partial charge in [-0.3, -0.25) is 14.4 Å². The molecule has 1 aliphatic heterocycles. The number of hydrogen-bond acceptors (Lipinski definition) is 4. The Morgan fingerprint density at radius 1 is 1.03 bits per heavy atom. The van der Waals surface area contributed by atoms with Crippen LogP contribution in [0, 0.1) is 12.8 Å². The Morgan fingerprint density at radius 3 is 2.39 bits per heavy atom. The van der Waals surface area contributed by atoms with E-state index in [1.165, 1.54) is 11.3 Å². The highest BCUT2D eigenvalue weighted by Crippen LogP contribution is 2.21. The van der Waals surface area contributed by atoms with Crippen molar-refractivity contribution in [2.45, 2.75) is 33.2 Å². The van der Waals surface area contributed by atoms with E-state index in [4.69, 9.17) is 0 Å². The first-order valence-corrected chi connectivity index (χ1v) is 12.1. The second-order valence-electron chi connectivity index (χ2n) is 8.81. The number of piperazine rings is 1. The van der Waals surface area contributed by atoms with Gasteiger partial charge < -0.3 is 20.1 Å². The first-order valence-electron chi connectivity index (χ1n) is 11.3. The summed E-state index contributed by atoms with van der Waals surface area (Å²) in [7, 11) is 0. The summed E-state index contributed by atoms with van der Waals surface area (Å²) in [4.78, 5) is 47.4. The quantitative estimate of drug-likeness (QED) is 0.585. The molecular weight excluding hydrogens is 436 g/mol. The minimum atomic E-state index is -0.652. The van der Waals surface area contributed by atoms with Crippen molar-refractivity contribution in [2.75, 3.05) is 26.2 Å². The molecule has 0 aliphatic carbocycles. The number of nitrogens with zero attached hydrogens (tertiary/aromatic N) is 2. The molecule has 7 nitrogen and oxygen atoms in total. The van der Waals surface area contributed by atoms with E-state index < -0.39 is 6.04 Å². The zero-order valence-corrected chi connectivity index (χ0v) is 20.1. The van der Waals surface area contributed by atoms with Crippen molar-refractivity contribution in [1.29, 1.82) is 0 Å². The van der Waals surface area contributed by atoms with Gasteiger partial charge in [0.1, 0.15) is 6.04 Å². The molecule has 8 heteroatoms. The molecule has 2 aromatic heterocycles. The number of amides is 3. The average molecular weight is 467 g/mol. The summed E-state index contributed by atoms with van der Waals surface area (Å²) in [6, 6.07) is 11.1. The van der Waals surface area contributed by atoms with Crippen LogP contribution in [0.4, 0.5) is 0 Å². The third-order valence-corrected chi connectivity index (χ3v) is 7.06. The van der Waals surface area contributed by atoms with E-state index in [0.29, 0.717) is 32.6 Å². The molecule has 174 valence electrons. The number of thiophene rings is 1. The van der Waals surface area contributed by atoms with Gasteiger partial charge in [-0.25, -0.2) is 0 Å². The molecule has 0 radical (unpaired) electrons. The summed E-state index contributed by atoms with van der Waals surface area (Å²) < 4.78 is 0. The Balaban J connectivity index is 1.46. The van der Waals surface area contributed by atoms with Gasteiger partial charge in [-0.1, -0.05) is 32.0 Å². The number of benzene rings is 1. The van der Waals surface area contributed by atoms with E-state index in [-0.39, 0.29) is 23.6 Å². The Hall–Kier alpha value is -3.13. The number of fused-ring (bicyclic) bond motifs is 1. The SMILES string of the molecule is Cc1ccc(C(=O)N2CCN(C(=O)C(Cc3c[nH]c4ccccc34)NC(=O)C(C)C)CC2)s1. The third-order valence-electron chi connectivity index (χ3n) is 6.07. The van der Waals surface area contributed by atoms with Crippen molar-refractivity contribution < 1.29 is 14.4 Å². The highest BCUT2D eigenvalue weighted by molar-refractivity contribution is 7.13. The molecule has 1 saturated heterocycles. The average Bonchev–Trinajstić information content (AvgIpc) is 3.44. The molecule has 1 fully saturated rings. The van der Waals surface area contributed by atoms with Gasteiger partial charge in [-0.15, -0.1) is 11.3 Å². The topological polar surface area (TPSA) is 85.5 Å². The minimum absolute atomic E-state index is 0.0173. The molecule has 3 aromatic rings. The van der Waals surface area contributed by atoms with E-state index in [0.717, 1.165) is 26.2 Å². The smallest absolute Gasteiger partial charge is 0.264 e.